The van der Waals surface area contributed by atoms with E-state index in [1.807, 2.05) is 0 Å². The topological polar surface area (TPSA) is 12.5 Å². The summed E-state index contributed by atoms with van der Waals surface area (Å²) in [4.78, 5) is 0. The maximum Gasteiger partial charge on any atom is 0.107 e. The molecule has 1 heteroatoms. The molecule has 0 radical (unpaired) electrons. The van der Waals surface area contributed by atoms with Crippen molar-refractivity contribution in [3.8, 4) is 0 Å². The van der Waals surface area contributed by atoms with Crippen molar-refractivity contribution in [3.63, 3.8) is 0 Å². The van der Waals surface area contributed by atoms with E-state index in [1.54, 1.807) is 0 Å². The van der Waals surface area contributed by atoms with Gasteiger partial charge in [0.25, 0.3) is 0 Å². The maximum atomic E-state index is 5.41. The number of hydrogen-bond donors (Lipinski definition) is 0. The van der Waals surface area contributed by atoms with Gasteiger partial charge in [0.1, 0.15) is 6.10 Å². The molecule has 3 aromatic carbocycles. The predicted octanol–water partition coefficient (Wildman–Crippen LogP) is 4.06. The number of fused-ring (bicyclic) bond motifs is 3. The van der Waals surface area contributed by atoms with Crippen LogP contribution in [0.2, 0.25) is 0 Å². The van der Waals surface area contributed by atoms with Crippen LogP contribution in [0.15, 0.2) is 54.6 Å². The minimum Gasteiger partial charge on any atom is -0.368 e. The number of rotatable bonds is 1. The molecule has 1 fully saturated rings. The Morgan fingerprint density at radius 1 is 0.765 bits per heavy atom. The molecule has 0 saturated carbocycles. The Labute approximate surface area is 99.6 Å². The van der Waals surface area contributed by atoms with E-state index in [2.05, 4.69) is 54.6 Å². The van der Waals surface area contributed by atoms with Crippen molar-refractivity contribution in [1.82, 2.24) is 0 Å². The molecular weight excluding hydrogens is 208 g/mol. The van der Waals surface area contributed by atoms with E-state index in [-0.39, 0.29) is 0 Å². The highest BCUT2D eigenvalue weighted by atomic mass is 16.6. The Morgan fingerprint density at radius 3 is 2.47 bits per heavy atom. The van der Waals surface area contributed by atoms with Crippen LogP contribution < -0.4 is 0 Å². The first-order valence-corrected chi connectivity index (χ1v) is 5.95. The number of ether oxygens (including phenoxy) is 1. The summed E-state index contributed by atoms with van der Waals surface area (Å²) in [5.74, 6) is 0. The SMILES string of the molecule is c1ccc2c(c1)ccc1c([C@H]3CO3)cccc12. The van der Waals surface area contributed by atoms with E-state index >= 15 is 0 Å². The number of benzene rings is 3. The van der Waals surface area contributed by atoms with Gasteiger partial charge in [-0.3, -0.25) is 0 Å². The van der Waals surface area contributed by atoms with Crippen LogP contribution in [0.25, 0.3) is 21.5 Å². The summed E-state index contributed by atoms with van der Waals surface area (Å²) < 4.78 is 5.41. The molecule has 82 valence electrons. The van der Waals surface area contributed by atoms with Gasteiger partial charge in [-0.2, -0.15) is 0 Å². The Kier molecular flexibility index (Phi) is 1.79. The highest BCUT2D eigenvalue weighted by Gasteiger charge is 2.26. The summed E-state index contributed by atoms with van der Waals surface area (Å²) in [5.41, 5.74) is 1.33. The quantitative estimate of drug-likeness (QED) is 0.445. The van der Waals surface area contributed by atoms with Gasteiger partial charge in [-0.05, 0) is 27.1 Å². The van der Waals surface area contributed by atoms with Crippen LogP contribution in [-0.4, -0.2) is 6.61 Å². The largest absolute Gasteiger partial charge is 0.368 e. The van der Waals surface area contributed by atoms with E-state index < -0.39 is 0 Å². The van der Waals surface area contributed by atoms with Gasteiger partial charge in [0.15, 0.2) is 0 Å². The predicted molar refractivity (Wildman–Crippen MR) is 70.1 cm³/mol. The molecule has 1 atom stereocenters. The summed E-state index contributed by atoms with van der Waals surface area (Å²) in [6, 6.07) is 19.5. The highest BCUT2D eigenvalue weighted by molar-refractivity contribution is 6.08. The molecule has 1 saturated heterocycles. The van der Waals surface area contributed by atoms with Crippen molar-refractivity contribution < 1.29 is 4.74 Å². The molecule has 4 rings (SSSR count). The van der Waals surface area contributed by atoms with Gasteiger partial charge in [-0.1, -0.05) is 54.6 Å². The van der Waals surface area contributed by atoms with Crippen LogP contribution in [0.1, 0.15) is 11.7 Å². The molecule has 1 aliphatic rings. The lowest BCUT2D eigenvalue weighted by molar-refractivity contribution is 0.417. The number of hydrogen-bond acceptors (Lipinski definition) is 1. The lowest BCUT2D eigenvalue weighted by Gasteiger charge is -2.07. The second-order valence-corrected chi connectivity index (χ2v) is 4.55. The van der Waals surface area contributed by atoms with Gasteiger partial charge in [0.2, 0.25) is 0 Å². The second-order valence-electron chi connectivity index (χ2n) is 4.55. The average Bonchev–Trinajstić information content (AvgIpc) is 3.22. The zero-order valence-corrected chi connectivity index (χ0v) is 9.39. The molecule has 0 amide bonds. The standard InChI is InChI=1S/C16H12O/c1-2-5-12-11(4-1)8-9-14-13(12)6-3-7-15(14)16-10-17-16/h1-9,16H,10H2/t16-/m1/s1. The molecule has 0 bridgehead atoms. The Bertz CT molecular complexity index is 711. The van der Waals surface area contributed by atoms with Crippen molar-refractivity contribution in [2.24, 2.45) is 0 Å². The van der Waals surface area contributed by atoms with Crippen molar-refractivity contribution in [3.05, 3.63) is 60.2 Å². The fourth-order valence-electron chi connectivity index (χ4n) is 2.57. The van der Waals surface area contributed by atoms with Crippen LogP contribution >= 0.6 is 0 Å². The third-order valence-corrected chi connectivity index (χ3v) is 3.50. The van der Waals surface area contributed by atoms with Gasteiger partial charge in [-0.15, -0.1) is 0 Å². The van der Waals surface area contributed by atoms with Gasteiger partial charge in [0.05, 0.1) is 6.61 Å². The van der Waals surface area contributed by atoms with Crippen LogP contribution in [0.4, 0.5) is 0 Å². The first-order chi connectivity index (χ1) is 8.43. The van der Waals surface area contributed by atoms with Crippen LogP contribution in [-0.2, 0) is 4.74 Å². The third-order valence-electron chi connectivity index (χ3n) is 3.50. The molecule has 1 aliphatic heterocycles. The van der Waals surface area contributed by atoms with E-state index in [0.29, 0.717) is 6.10 Å². The van der Waals surface area contributed by atoms with Crippen LogP contribution in [0, 0.1) is 0 Å². The normalized spacial score (nSPS) is 18.7. The van der Waals surface area contributed by atoms with Gasteiger partial charge >= 0.3 is 0 Å². The molecule has 1 heterocycles. The summed E-state index contributed by atoms with van der Waals surface area (Å²) in [6.45, 7) is 0.867. The molecule has 3 aromatic rings. The van der Waals surface area contributed by atoms with Crippen molar-refractivity contribution in [2.75, 3.05) is 6.61 Å². The minimum atomic E-state index is 0.319. The molecule has 0 aliphatic carbocycles. The summed E-state index contributed by atoms with van der Waals surface area (Å²) >= 11 is 0. The summed E-state index contributed by atoms with van der Waals surface area (Å²) in [7, 11) is 0. The summed E-state index contributed by atoms with van der Waals surface area (Å²) in [5, 5.41) is 5.28. The monoisotopic (exact) mass is 220 g/mol. The minimum absolute atomic E-state index is 0.319. The lowest BCUT2D eigenvalue weighted by Crippen LogP contribution is -1.85. The average molecular weight is 220 g/mol. The Morgan fingerprint density at radius 2 is 1.59 bits per heavy atom. The van der Waals surface area contributed by atoms with E-state index in [1.165, 1.54) is 27.1 Å². The van der Waals surface area contributed by atoms with E-state index in [9.17, 15) is 0 Å². The van der Waals surface area contributed by atoms with Gasteiger partial charge in [-0.25, -0.2) is 0 Å². The van der Waals surface area contributed by atoms with E-state index in [4.69, 9.17) is 4.74 Å². The molecule has 17 heavy (non-hydrogen) atoms. The molecule has 0 aromatic heterocycles. The van der Waals surface area contributed by atoms with Crippen LogP contribution in [0.3, 0.4) is 0 Å². The fraction of sp³-hybridized carbons (Fsp3) is 0.125. The first kappa shape index (κ1) is 9.20. The molecule has 0 unspecified atom stereocenters. The highest BCUT2D eigenvalue weighted by Crippen LogP contribution is 2.36. The Balaban J connectivity index is 2.16. The van der Waals surface area contributed by atoms with Gasteiger partial charge < -0.3 is 4.74 Å². The molecule has 0 N–H and O–H groups in total. The molecule has 0 spiro atoms. The molecule has 1 nitrogen and oxygen atoms in total. The Hall–Kier alpha value is -1.86. The van der Waals surface area contributed by atoms with E-state index in [0.717, 1.165) is 6.61 Å². The fourth-order valence-corrected chi connectivity index (χ4v) is 2.57. The van der Waals surface area contributed by atoms with Crippen molar-refractivity contribution in [1.29, 1.82) is 0 Å². The zero-order valence-electron chi connectivity index (χ0n) is 9.39. The molecular formula is C16H12O. The first-order valence-electron chi connectivity index (χ1n) is 5.95. The lowest BCUT2D eigenvalue weighted by atomic mass is 9.97. The van der Waals surface area contributed by atoms with Crippen LogP contribution in [0.5, 0.6) is 0 Å². The van der Waals surface area contributed by atoms with Crippen molar-refractivity contribution >= 4 is 21.5 Å². The van der Waals surface area contributed by atoms with Crippen molar-refractivity contribution in [2.45, 2.75) is 6.10 Å². The third kappa shape index (κ3) is 1.36. The maximum absolute atomic E-state index is 5.41. The second kappa shape index (κ2) is 3.31. The zero-order chi connectivity index (χ0) is 11.2. The smallest absolute Gasteiger partial charge is 0.107 e. The van der Waals surface area contributed by atoms with Gasteiger partial charge in [0, 0.05) is 0 Å². The number of epoxide rings is 1. The summed E-state index contributed by atoms with van der Waals surface area (Å²) in [6.07, 6.45) is 0.319.